The molecule has 0 saturated heterocycles. The summed E-state index contributed by atoms with van der Waals surface area (Å²) < 4.78 is 0. The second-order valence-electron chi connectivity index (χ2n) is 20.3. The van der Waals surface area contributed by atoms with Crippen molar-refractivity contribution < 1.29 is 0 Å². The molecule has 0 saturated carbocycles. The van der Waals surface area contributed by atoms with Crippen LogP contribution in [0.1, 0.15) is 11.1 Å². The Balaban J connectivity index is 0.993. The van der Waals surface area contributed by atoms with Crippen molar-refractivity contribution in [1.82, 2.24) is 0 Å². The number of hydrogen-bond acceptors (Lipinski definition) is 0. The minimum absolute atomic E-state index is 1.22. The van der Waals surface area contributed by atoms with Gasteiger partial charge in [0.2, 0.25) is 0 Å². The van der Waals surface area contributed by atoms with Gasteiger partial charge in [-0.2, -0.15) is 0 Å². The summed E-state index contributed by atoms with van der Waals surface area (Å²) in [5.74, 6) is 0. The SMILES string of the molecule is Cc1ccc(-c2ccc(-c3ccccc3-c3ccccc3)c3c2-c2cccc4c(-c5ccc6c7c(cccc57)-c5c-6c(-c6ccccc6-c6ccccc6)c6ccccc6c5-c5ccc(C)cc5)ccc-3c24)cc1. The van der Waals surface area contributed by atoms with E-state index in [9.17, 15) is 0 Å². The van der Waals surface area contributed by atoms with Gasteiger partial charge in [0.15, 0.2) is 0 Å². The van der Waals surface area contributed by atoms with E-state index in [1.807, 2.05) is 0 Å². The summed E-state index contributed by atoms with van der Waals surface area (Å²) in [5.41, 5.74) is 30.3. The van der Waals surface area contributed by atoms with Crippen molar-refractivity contribution >= 4 is 32.3 Å². The van der Waals surface area contributed by atoms with Crippen molar-refractivity contribution in [1.29, 1.82) is 0 Å². The molecule has 0 aromatic heterocycles. The first kappa shape index (κ1) is 42.3. The van der Waals surface area contributed by atoms with E-state index in [1.54, 1.807) is 0 Å². The zero-order valence-corrected chi connectivity index (χ0v) is 41.2. The molecule has 13 aromatic rings. The van der Waals surface area contributed by atoms with Crippen molar-refractivity contribution in [3.8, 4) is 122 Å². The molecule has 0 radical (unpaired) electrons. The summed E-state index contributed by atoms with van der Waals surface area (Å²) in [4.78, 5) is 0. The molecule has 0 amide bonds. The minimum Gasteiger partial charge on any atom is -0.0622 e. The van der Waals surface area contributed by atoms with Gasteiger partial charge in [-0.15, -0.1) is 0 Å². The highest BCUT2D eigenvalue weighted by Crippen LogP contribution is 2.61. The van der Waals surface area contributed by atoms with Crippen LogP contribution in [0.4, 0.5) is 0 Å². The Hall–Kier alpha value is -9.36. The molecule has 0 heterocycles. The highest BCUT2D eigenvalue weighted by molar-refractivity contribution is 6.31. The van der Waals surface area contributed by atoms with E-state index in [4.69, 9.17) is 0 Å². The Labute approximate surface area is 432 Å². The lowest BCUT2D eigenvalue weighted by molar-refractivity contribution is 1.47. The van der Waals surface area contributed by atoms with Gasteiger partial charge < -0.3 is 0 Å². The predicted molar refractivity (Wildman–Crippen MR) is 315 cm³/mol. The maximum absolute atomic E-state index is 2.45. The third kappa shape index (κ3) is 6.28. The quantitative estimate of drug-likeness (QED) is 0.149. The molecular weight excluding hydrogens is 889 g/mol. The molecule has 0 nitrogen and oxygen atoms in total. The third-order valence-corrected chi connectivity index (χ3v) is 16.2. The number of hydrogen-bond donors (Lipinski definition) is 0. The fourth-order valence-corrected chi connectivity index (χ4v) is 12.9. The Morgan fingerprint density at radius 2 is 0.514 bits per heavy atom. The number of aryl methyl sites for hydroxylation is 2. The van der Waals surface area contributed by atoms with Crippen LogP contribution in [-0.2, 0) is 0 Å². The van der Waals surface area contributed by atoms with Crippen LogP contribution in [0, 0.1) is 13.8 Å². The highest BCUT2D eigenvalue weighted by Gasteiger charge is 2.34. The van der Waals surface area contributed by atoms with E-state index in [0.717, 1.165) is 0 Å². The smallest absolute Gasteiger partial charge is 0.000719 e. The first-order valence-corrected chi connectivity index (χ1v) is 25.9. The lowest BCUT2D eigenvalue weighted by atomic mass is 9.81. The van der Waals surface area contributed by atoms with Crippen LogP contribution in [-0.4, -0.2) is 0 Å². The molecule has 2 aliphatic carbocycles. The summed E-state index contributed by atoms with van der Waals surface area (Å²) in [5, 5.41) is 7.70. The summed E-state index contributed by atoms with van der Waals surface area (Å²) in [6.45, 7) is 4.35. The van der Waals surface area contributed by atoms with Gasteiger partial charge in [-0.25, -0.2) is 0 Å². The summed E-state index contributed by atoms with van der Waals surface area (Å²) in [6, 6.07) is 95.6. The fraction of sp³-hybridized carbons (Fsp3) is 0.0270. The van der Waals surface area contributed by atoms with Gasteiger partial charge in [0.25, 0.3) is 0 Å². The Morgan fingerprint density at radius 3 is 1.11 bits per heavy atom. The average Bonchev–Trinajstić information content (AvgIpc) is 4.00. The first-order chi connectivity index (χ1) is 36.6. The van der Waals surface area contributed by atoms with Crippen LogP contribution in [0.15, 0.2) is 255 Å². The number of rotatable bonds is 7. The maximum Gasteiger partial charge on any atom is -0.000719 e. The second kappa shape index (κ2) is 16.6. The first-order valence-electron chi connectivity index (χ1n) is 25.9. The molecule has 0 heteroatoms. The Bertz CT molecular complexity index is 4440. The molecule has 13 aromatic carbocycles. The average molecular weight is 937 g/mol. The van der Waals surface area contributed by atoms with E-state index in [0.29, 0.717) is 0 Å². The molecule has 2 aliphatic rings. The number of fused-ring (bicyclic) bond motifs is 7. The van der Waals surface area contributed by atoms with Crippen LogP contribution in [0.5, 0.6) is 0 Å². The minimum atomic E-state index is 1.22. The summed E-state index contributed by atoms with van der Waals surface area (Å²) >= 11 is 0. The van der Waals surface area contributed by atoms with E-state index in [1.165, 1.54) is 166 Å². The topological polar surface area (TPSA) is 0 Å². The molecule has 0 aliphatic heterocycles. The standard InChI is InChI=1S/C74H48/c1-45-31-35-49(36-32-45)53-39-42-62(54-23-11-9-21-51(54)47-17-5-3-6-18-47)72-65-43-40-55(58-27-15-29-63(68(58)65)70(53)72)56-41-44-66-69-59(56)28-16-30-64(69)73-67(50-37-33-46(2)34-38-50)60-25-13-14-26-61(60)71(74(66)73)57-24-12-10-22-52(57)48-19-7-4-8-20-48/h3-44H,1-2H3. The molecule has 0 fully saturated rings. The van der Waals surface area contributed by atoms with Crippen LogP contribution < -0.4 is 0 Å². The Kier molecular flexibility index (Phi) is 9.50. The van der Waals surface area contributed by atoms with Crippen LogP contribution >= 0.6 is 0 Å². The van der Waals surface area contributed by atoms with E-state index in [-0.39, 0.29) is 0 Å². The second-order valence-corrected chi connectivity index (χ2v) is 20.3. The van der Waals surface area contributed by atoms with Crippen molar-refractivity contribution in [2.24, 2.45) is 0 Å². The lowest BCUT2D eigenvalue weighted by Crippen LogP contribution is -1.95. The highest BCUT2D eigenvalue weighted by atomic mass is 14.4. The van der Waals surface area contributed by atoms with Crippen LogP contribution in [0.2, 0.25) is 0 Å². The summed E-state index contributed by atoms with van der Waals surface area (Å²) in [6.07, 6.45) is 0. The molecule has 15 rings (SSSR count). The van der Waals surface area contributed by atoms with Gasteiger partial charge in [0, 0.05) is 0 Å². The molecule has 0 N–H and O–H groups in total. The largest absolute Gasteiger partial charge is 0.0622 e. The Morgan fingerprint density at radius 1 is 0.162 bits per heavy atom. The predicted octanol–water partition coefficient (Wildman–Crippen LogP) is 20.7. The number of benzene rings is 13. The van der Waals surface area contributed by atoms with Gasteiger partial charge in [-0.3, -0.25) is 0 Å². The van der Waals surface area contributed by atoms with Crippen LogP contribution in [0.25, 0.3) is 155 Å². The molecule has 344 valence electrons. The molecule has 0 bridgehead atoms. The van der Waals surface area contributed by atoms with Gasteiger partial charge in [0.05, 0.1) is 0 Å². The normalized spacial score (nSPS) is 11.9. The van der Waals surface area contributed by atoms with Crippen molar-refractivity contribution in [3.05, 3.63) is 266 Å². The lowest BCUT2D eigenvalue weighted by Gasteiger charge is -2.22. The van der Waals surface area contributed by atoms with E-state index < -0.39 is 0 Å². The van der Waals surface area contributed by atoms with Gasteiger partial charge in [-0.05, 0) is 169 Å². The molecule has 0 unspecified atom stereocenters. The fourth-order valence-electron chi connectivity index (χ4n) is 12.9. The van der Waals surface area contributed by atoms with Gasteiger partial charge >= 0.3 is 0 Å². The van der Waals surface area contributed by atoms with Crippen molar-refractivity contribution in [3.63, 3.8) is 0 Å². The van der Waals surface area contributed by atoms with E-state index >= 15 is 0 Å². The molecular formula is C74H48. The maximum atomic E-state index is 2.45. The molecule has 74 heavy (non-hydrogen) atoms. The zero-order valence-electron chi connectivity index (χ0n) is 41.2. The molecule has 0 spiro atoms. The zero-order chi connectivity index (χ0) is 49.0. The van der Waals surface area contributed by atoms with Gasteiger partial charge in [-0.1, -0.05) is 266 Å². The van der Waals surface area contributed by atoms with Crippen LogP contribution in [0.3, 0.4) is 0 Å². The summed E-state index contributed by atoms with van der Waals surface area (Å²) in [7, 11) is 0. The van der Waals surface area contributed by atoms with Gasteiger partial charge in [0.1, 0.15) is 0 Å². The van der Waals surface area contributed by atoms with Crippen molar-refractivity contribution in [2.75, 3.05) is 0 Å². The third-order valence-electron chi connectivity index (χ3n) is 16.2. The molecule has 0 atom stereocenters. The van der Waals surface area contributed by atoms with Crippen molar-refractivity contribution in [2.45, 2.75) is 13.8 Å². The monoisotopic (exact) mass is 936 g/mol. The van der Waals surface area contributed by atoms with E-state index in [2.05, 4.69) is 269 Å².